The van der Waals surface area contributed by atoms with Crippen molar-refractivity contribution in [2.24, 2.45) is 5.92 Å². The van der Waals surface area contributed by atoms with Gasteiger partial charge in [0.05, 0.1) is 0 Å². The predicted octanol–water partition coefficient (Wildman–Crippen LogP) is 2.85. The molecule has 1 aliphatic rings. The van der Waals surface area contributed by atoms with E-state index in [1.807, 2.05) is 0 Å². The largest absolute Gasteiger partial charge is 0.309 e. The van der Waals surface area contributed by atoms with Crippen LogP contribution >= 0.6 is 0 Å². The highest BCUT2D eigenvalue weighted by Crippen LogP contribution is 2.23. The molecule has 1 N–H and O–H groups in total. The van der Waals surface area contributed by atoms with E-state index in [2.05, 4.69) is 55.3 Å². The summed E-state index contributed by atoms with van der Waals surface area (Å²) in [5.74, 6) is 0.740. The Bertz CT molecular complexity index is 373. The zero-order valence-electron chi connectivity index (χ0n) is 11.9. The third kappa shape index (κ3) is 3.33. The van der Waals surface area contributed by atoms with Crippen LogP contribution < -0.4 is 5.32 Å². The van der Waals surface area contributed by atoms with Gasteiger partial charge >= 0.3 is 0 Å². The van der Waals surface area contributed by atoms with Crippen LogP contribution in [-0.2, 0) is 6.42 Å². The molecule has 2 nitrogen and oxygen atoms in total. The Balaban J connectivity index is 2.06. The highest BCUT2D eigenvalue weighted by molar-refractivity contribution is 5.32. The van der Waals surface area contributed by atoms with E-state index in [1.54, 1.807) is 0 Å². The monoisotopic (exact) mass is 246 g/mol. The number of rotatable bonds is 5. The molecule has 1 unspecified atom stereocenters. The first-order chi connectivity index (χ1) is 8.70. The second-order valence-electron chi connectivity index (χ2n) is 5.70. The zero-order valence-corrected chi connectivity index (χ0v) is 11.9. The smallest absolute Gasteiger partial charge is 0.0452 e. The molecule has 1 heterocycles. The number of nitrogens with one attached hydrogen (secondary N) is 1. The van der Waals surface area contributed by atoms with Crippen molar-refractivity contribution in [3.05, 3.63) is 35.4 Å². The van der Waals surface area contributed by atoms with Gasteiger partial charge in [-0.05, 0) is 36.6 Å². The third-order valence-electron chi connectivity index (χ3n) is 3.73. The average molecular weight is 246 g/mol. The number of fused-ring (bicyclic) bond motifs is 1. The fourth-order valence-electron chi connectivity index (χ4n) is 2.86. The van der Waals surface area contributed by atoms with Gasteiger partial charge in [0.2, 0.25) is 0 Å². The average Bonchev–Trinajstić information content (AvgIpc) is 2.38. The molecule has 1 aromatic carbocycles. The minimum atomic E-state index is 0.508. The van der Waals surface area contributed by atoms with Gasteiger partial charge in [0, 0.05) is 19.1 Å². The van der Waals surface area contributed by atoms with Crippen LogP contribution in [0.2, 0.25) is 0 Å². The van der Waals surface area contributed by atoms with Crippen molar-refractivity contribution < 1.29 is 0 Å². The molecule has 100 valence electrons. The zero-order chi connectivity index (χ0) is 13.0. The lowest BCUT2D eigenvalue weighted by atomic mass is 9.94. The van der Waals surface area contributed by atoms with Crippen LogP contribution in [0.15, 0.2) is 24.3 Å². The predicted molar refractivity (Wildman–Crippen MR) is 77.8 cm³/mol. The lowest BCUT2D eigenvalue weighted by molar-refractivity contribution is 0.226. The van der Waals surface area contributed by atoms with Gasteiger partial charge in [0.15, 0.2) is 0 Å². The molecule has 0 saturated heterocycles. The highest BCUT2D eigenvalue weighted by Gasteiger charge is 2.21. The first-order valence-corrected chi connectivity index (χ1v) is 7.24. The number of hydrogen-bond acceptors (Lipinski definition) is 2. The summed E-state index contributed by atoms with van der Waals surface area (Å²) in [6.07, 6.45) is 1.17. The van der Waals surface area contributed by atoms with Crippen LogP contribution in [0.3, 0.4) is 0 Å². The molecule has 0 radical (unpaired) electrons. The van der Waals surface area contributed by atoms with Crippen LogP contribution in [0.1, 0.15) is 37.9 Å². The Morgan fingerprint density at radius 2 is 2.11 bits per heavy atom. The molecule has 2 heteroatoms. The first kappa shape index (κ1) is 13.6. The van der Waals surface area contributed by atoms with E-state index in [1.165, 1.54) is 24.1 Å². The van der Waals surface area contributed by atoms with Crippen molar-refractivity contribution in [3.63, 3.8) is 0 Å². The van der Waals surface area contributed by atoms with E-state index in [9.17, 15) is 0 Å². The van der Waals surface area contributed by atoms with Gasteiger partial charge in [-0.15, -0.1) is 0 Å². The summed E-state index contributed by atoms with van der Waals surface area (Å²) in [5, 5.41) is 3.67. The van der Waals surface area contributed by atoms with E-state index in [0.29, 0.717) is 6.04 Å². The molecular weight excluding hydrogens is 220 g/mol. The lowest BCUT2D eigenvalue weighted by Gasteiger charge is -2.32. The maximum absolute atomic E-state index is 3.67. The Kier molecular flexibility index (Phi) is 4.79. The van der Waals surface area contributed by atoms with Gasteiger partial charge < -0.3 is 10.2 Å². The quantitative estimate of drug-likeness (QED) is 0.859. The summed E-state index contributed by atoms with van der Waals surface area (Å²) in [5.41, 5.74) is 3.04. The fourth-order valence-corrected chi connectivity index (χ4v) is 2.86. The molecule has 0 saturated carbocycles. The Morgan fingerprint density at radius 3 is 2.83 bits per heavy atom. The standard InChI is InChI=1S/C16H26N2/c1-4-18(11-13(2)3)12-16-15-8-6-5-7-14(15)9-10-17-16/h5-8,13,16-17H,4,9-12H2,1-3H3. The molecular formula is C16H26N2. The molecule has 18 heavy (non-hydrogen) atoms. The number of likely N-dealkylation sites (N-methyl/N-ethyl adjacent to an activating group) is 1. The summed E-state index contributed by atoms with van der Waals surface area (Å²) < 4.78 is 0. The topological polar surface area (TPSA) is 15.3 Å². The van der Waals surface area contributed by atoms with Crippen molar-refractivity contribution in [1.82, 2.24) is 10.2 Å². The molecule has 0 fully saturated rings. The Labute approximate surface area is 111 Å². The van der Waals surface area contributed by atoms with Crippen molar-refractivity contribution in [2.75, 3.05) is 26.2 Å². The maximum Gasteiger partial charge on any atom is 0.0452 e. The van der Waals surface area contributed by atoms with Gasteiger partial charge in [0.25, 0.3) is 0 Å². The minimum Gasteiger partial charge on any atom is -0.309 e. The van der Waals surface area contributed by atoms with Gasteiger partial charge in [0.1, 0.15) is 0 Å². The van der Waals surface area contributed by atoms with Crippen LogP contribution in [0.4, 0.5) is 0 Å². The van der Waals surface area contributed by atoms with Crippen molar-refractivity contribution in [2.45, 2.75) is 33.2 Å². The van der Waals surface area contributed by atoms with E-state index in [0.717, 1.165) is 25.6 Å². The van der Waals surface area contributed by atoms with Gasteiger partial charge in [-0.25, -0.2) is 0 Å². The molecule has 0 aliphatic carbocycles. The maximum atomic E-state index is 3.67. The molecule has 1 aliphatic heterocycles. The van der Waals surface area contributed by atoms with Crippen LogP contribution in [0.5, 0.6) is 0 Å². The Morgan fingerprint density at radius 1 is 1.33 bits per heavy atom. The lowest BCUT2D eigenvalue weighted by Crippen LogP contribution is -2.40. The van der Waals surface area contributed by atoms with E-state index in [4.69, 9.17) is 0 Å². The van der Waals surface area contributed by atoms with E-state index >= 15 is 0 Å². The minimum absolute atomic E-state index is 0.508. The molecule has 1 atom stereocenters. The van der Waals surface area contributed by atoms with E-state index in [-0.39, 0.29) is 0 Å². The normalized spacial score (nSPS) is 19.3. The summed E-state index contributed by atoms with van der Waals surface area (Å²) in [7, 11) is 0. The third-order valence-corrected chi connectivity index (χ3v) is 3.73. The van der Waals surface area contributed by atoms with Crippen LogP contribution in [-0.4, -0.2) is 31.1 Å². The molecule has 0 aromatic heterocycles. The van der Waals surface area contributed by atoms with Crippen molar-refractivity contribution >= 4 is 0 Å². The van der Waals surface area contributed by atoms with Gasteiger partial charge in [-0.3, -0.25) is 0 Å². The number of benzene rings is 1. The molecule has 0 amide bonds. The summed E-state index contributed by atoms with van der Waals surface area (Å²) >= 11 is 0. The molecule has 0 bridgehead atoms. The molecule has 0 spiro atoms. The van der Waals surface area contributed by atoms with Gasteiger partial charge in [-0.2, -0.15) is 0 Å². The van der Waals surface area contributed by atoms with Crippen LogP contribution in [0, 0.1) is 5.92 Å². The second-order valence-corrected chi connectivity index (χ2v) is 5.70. The summed E-state index contributed by atoms with van der Waals surface area (Å²) in [4.78, 5) is 2.56. The van der Waals surface area contributed by atoms with E-state index < -0.39 is 0 Å². The summed E-state index contributed by atoms with van der Waals surface area (Å²) in [6.45, 7) is 11.4. The summed E-state index contributed by atoms with van der Waals surface area (Å²) in [6, 6.07) is 9.40. The number of hydrogen-bond donors (Lipinski definition) is 1. The fraction of sp³-hybridized carbons (Fsp3) is 0.625. The molecule has 2 rings (SSSR count). The van der Waals surface area contributed by atoms with Crippen molar-refractivity contribution in [1.29, 1.82) is 0 Å². The number of nitrogens with zero attached hydrogens (tertiary/aromatic N) is 1. The second kappa shape index (κ2) is 6.35. The molecule has 1 aromatic rings. The SMILES string of the molecule is CCN(CC(C)C)CC1NCCc2ccccc21. The highest BCUT2D eigenvalue weighted by atomic mass is 15.1. The van der Waals surface area contributed by atoms with Crippen molar-refractivity contribution in [3.8, 4) is 0 Å². The van der Waals surface area contributed by atoms with Gasteiger partial charge in [-0.1, -0.05) is 45.0 Å². The first-order valence-electron chi connectivity index (χ1n) is 7.24. The Hall–Kier alpha value is -0.860. The van der Waals surface area contributed by atoms with Crippen LogP contribution in [0.25, 0.3) is 0 Å².